The van der Waals surface area contributed by atoms with E-state index in [1.54, 1.807) is 0 Å². The summed E-state index contributed by atoms with van der Waals surface area (Å²) in [5, 5.41) is 4.31. The van der Waals surface area contributed by atoms with Crippen molar-refractivity contribution in [3.05, 3.63) is 23.2 Å². The average molecular weight is 226 g/mol. The van der Waals surface area contributed by atoms with Crippen LogP contribution in [0.5, 0.6) is 0 Å². The molecular weight excluding hydrogens is 214 g/mol. The molecule has 0 amide bonds. The van der Waals surface area contributed by atoms with Gasteiger partial charge in [-0.1, -0.05) is 18.0 Å². The van der Waals surface area contributed by atoms with Gasteiger partial charge in [-0.2, -0.15) is 0 Å². The Hall–Kier alpha value is -0.340. The second kappa shape index (κ2) is 3.07. The summed E-state index contributed by atoms with van der Waals surface area (Å²) in [4.78, 5) is 1.36. The van der Waals surface area contributed by atoms with E-state index in [9.17, 15) is 0 Å². The molecule has 1 heterocycles. The predicted octanol–water partition coefficient (Wildman–Crippen LogP) is 3.78. The Morgan fingerprint density at radius 3 is 2.93 bits per heavy atom. The molecule has 0 unspecified atom stereocenters. The van der Waals surface area contributed by atoms with E-state index in [0.29, 0.717) is 4.75 Å². The number of thioether (sulfide) groups is 1. The van der Waals surface area contributed by atoms with Crippen LogP contribution in [0.25, 0.3) is 0 Å². The minimum atomic E-state index is 0.501. The Morgan fingerprint density at radius 1 is 1.36 bits per heavy atom. The molecule has 1 nitrogen and oxygen atoms in total. The van der Waals surface area contributed by atoms with Crippen molar-refractivity contribution in [2.45, 2.75) is 28.9 Å². The highest BCUT2D eigenvalue weighted by Crippen LogP contribution is 2.52. The second-order valence-corrected chi connectivity index (χ2v) is 6.08. The zero-order chi connectivity index (χ0) is 9.60. The Bertz CT molecular complexity index is 374. The van der Waals surface area contributed by atoms with Crippen LogP contribution in [-0.2, 0) is 0 Å². The van der Waals surface area contributed by atoms with E-state index in [1.165, 1.54) is 29.8 Å². The third kappa shape index (κ3) is 1.32. The van der Waals surface area contributed by atoms with Crippen LogP contribution in [0.2, 0.25) is 5.02 Å². The normalized spacial score (nSPS) is 22.4. The second-order valence-electron chi connectivity index (χ2n) is 4.13. The highest BCUT2D eigenvalue weighted by Gasteiger charge is 2.40. The molecule has 3 rings (SSSR count). The number of anilines is 1. The fourth-order valence-corrected chi connectivity index (χ4v) is 3.76. The molecule has 0 aromatic heterocycles. The number of rotatable bonds is 0. The molecule has 1 aliphatic carbocycles. The Balaban J connectivity index is 1.94. The summed E-state index contributed by atoms with van der Waals surface area (Å²) in [7, 11) is 0. The first kappa shape index (κ1) is 8.93. The number of fused-ring (bicyclic) bond motifs is 1. The van der Waals surface area contributed by atoms with Crippen molar-refractivity contribution in [1.29, 1.82) is 0 Å². The van der Waals surface area contributed by atoms with Crippen LogP contribution in [-0.4, -0.2) is 11.3 Å². The summed E-state index contributed by atoms with van der Waals surface area (Å²) in [5.41, 5.74) is 1.21. The van der Waals surface area contributed by atoms with Gasteiger partial charge in [-0.25, -0.2) is 0 Å². The van der Waals surface area contributed by atoms with E-state index < -0.39 is 0 Å². The summed E-state index contributed by atoms with van der Waals surface area (Å²) < 4.78 is 0.501. The highest BCUT2D eigenvalue weighted by atomic mass is 35.5. The average Bonchev–Trinajstić information content (AvgIpc) is 2.15. The largest absolute Gasteiger partial charge is 0.383 e. The quantitative estimate of drug-likeness (QED) is 0.721. The number of benzene rings is 1. The molecule has 0 saturated heterocycles. The zero-order valence-corrected chi connectivity index (χ0v) is 9.42. The molecule has 1 saturated carbocycles. The maximum atomic E-state index is 5.95. The molecule has 0 radical (unpaired) electrons. The van der Waals surface area contributed by atoms with Crippen LogP contribution in [0, 0.1) is 0 Å². The molecule has 1 aromatic rings. The van der Waals surface area contributed by atoms with E-state index in [4.69, 9.17) is 11.6 Å². The number of nitrogens with one attached hydrogen (secondary N) is 1. The monoisotopic (exact) mass is 225 g/mol. The first-order chi connectivity index (χ1) is 6.77. The van der Waals surface area contributed by atoms with Gasteiger partial charge in [0.15, 0.2) is 0 Å². The van der Waals surface area contributed by atoms with Crippen LogP contribution in [0.3, 0.4) is 0 Å². The van der Waals surface area contributed by atoms with Gasteiger partial charge in [0.25, 0.3) is 0 Å². The minimum Gasteiger partial charge on any atom is -0.383 e. The maximum Gasteiger partial charge on any atom is 0.0494 e. The van der Waals surface area contributed by atoms with Crippen LogP contribution in [0.4, 0.5) is 5.69 Å². The molecule has 74 valence electrons. The van der Waals surface area contributed by atoms with Crippen LogP contribution >= 0.6 is 23.4 Å². The molecule has 0 atom stereocenters. The molecule has 1 aromatic carbocycles. The SMILES string of the molecule is Clc1ccc2c(c1)NCC1(CCC1)S2. The molecule has 1 fully saturated rings. The van der Waals surface area contributed by atoms with E-state index in [0.717, 1.165) is 11.6 Å². The first-order valence-electron chi connectivity index (χ1n) is 5.00. The topological polar surface area (TPSA) is 12.0 Å². The predicted molar refractivity (Wildman–Crippen MR) is 62.4 cm³/mol. The van der Waals surface area contributed by atoms with Crippen LogP contribution < -0.4 is 5.32 Å². The van der Waals surface area contributed by atoms with Gasteiger partial charge in [0.1, 0.15) is 0 Å². The van der Waals surface area contributed by atoms with Gasteiger partial charge in [0.05, 0.1) is 0 Å². The molecular formula is C11H12ClNS. The fourth-order valence-electron chi connectivity index (χ4n) is 2.10. The van der Waals surface area contributed by atoms with Crippen molar-refractivity contribution in [3.8, 4) is 0 Å². The smallest absolute Gasteiger partial charge is 0.0494 e. The molecule has 14 heavy (non-hydrogen) atoms. The molecule has 1 aliphatic heterocycles. The third-order valence-electron chi connectivity index (χ3n) is 3.13. The van der Waals surface area contributed by atoms with E-state index in [1.807, 2.05) is 23.9 Å². The Labute approximate surface area is 93.2 Å². The standard InChI is InChI=1S/C11H12ClNS/c12-8-2-3-10-9(6-8)13-7-11(14-10)4-1-5-11/h2-3,6,13H,1,4-5,7H2. The van der Waals surface area contributed by atoms with Crippen molar-refractivity contribution in [1.82, 2.24) is 0 Å². The summed E-state index contributed by atoms with van der Waals surface area (Å²) in [6.07, 6.45) is 4.09. The lowest BCUT2D eigenvalue weighted by molar-refractivity contribution is 0.376. The van der Waals surface area contributed by atoms with Crippen LogP contribution in [0.15, 0.2) is 23.1 Å². The van der Waals surface area contributed by atoms with E-state index >= 15 is 0 Å². The summed E-state index contributed by atoms with van der Waals surface area (Å²) >= 11 is 7.98. The van der Waals surface area contributed by atoms with Gasteiger partial charge in [-0.15, -0.1) is 11.8 Å². The maximum absolute atomic E-state index is 5.95. The van der Waals surface area contributed by atoms with Gasteiger partial charge in [-0.05, 0) is 31.0 Å². The Kier molecular flexibility index (Phi) is 1.96. The van der Waals surface area contributed by atoms with Gasteiger partial charge in [0, 0.05) is 26.9 Å². The van der Waals surface area contributed by atoms with Crippen molar-refractivity contribution in [2.75, 3.05) is 11.9 Å². The summed E-state index contributed by atoms with van der Waals surface area (Å²) in [5.74, 6) is 0. The van der Waals surface area contributed by atoms with Crippen LogP contribution in [0.1, 0.15) is 19.3 Å². The first-order valence-corrected chi connectivity index (χ1v) is 6.19. The van der Waals surface area contributed by atoms with E-state index in [2.05, 4.69) is 11.4 Å². The minimum absolute atomic E-state index is 0.501. The fraction of sp³-hybridized carbons (Fsp3) is 0.455. The molecule has 1 spiro atoms. The molecule has 3 heteroatoms. The lowest BCUT2D eigenvalue weighted by Crippen LogP contribution is -2.42. The lowest BCUT2D eigenvalue weighted by Gasteiger charge is -2.44. The molecule has 1 N–H and O–H groups in total. The number of hydrogen-bond acceptors (Lipinski definition) is 2. The van der Waals surface area contributed by atoms with Gasteiger partial charge >= 0.3 is 0 Å². The van der Waals surface area contributed by atoms with Gasteiger partial charge in [-0.3, -0.25) is 0 Å². The lowest BCUT2D eigenvalue weighted by atomic mass is 9.84. The third-order valence-corrected chi connectivity index (χ3v) is 4.93. The van der Waals surface area contributed by atoms with Gasteiger partial charge < -0.3 is 5.32 Å². The summed E-state index contributed by atoms with van der Waals surface area (Å²) in [6.45, 7) is 1.10. The summed E-state index contributed by atoms with van der Waals surface area (Å²) in [6, 6.07) is 6.14. The number of halogens is 1. The zero-order valence-electron chi connectivity index (χ0n) is 7.85. The molecule has 0 bridgehead atoms. The van der Waals surface area contributed by atoms with E-state index in [-0.39, 0.29) is 0 Å². The van der Waals surface area contributed by atoms with Gasteiger partial charge in [0.2, 0.25) is 0 Å². The van der Waals surface area contributed by atoms with Crippen molar-refractivity contribution >= 4 is 29.1 Å². The van der Waals surface area contributed by atoms with Crippen molar-refractivity contribution in [3.63, 3.8) is 0 Å². The molecule has 2 aliphatic rings. The van der Waals surface area contributed by atoms with Crippen molar-refractivity contribution < 1.29 is 0 Å². The van der Waals surface area contributed by atoms with Crippen molar-refractivity contribution in [2.24, 2.45) is 0 Å². The highest BCUT2D eigenvalue weighted by molar-refractivity contribution is 8.01. The Morgan fingerprint density at radius 2 is 2.21 bits per heavy atom. The number of hydrogen-bond donors (Lipinski definition) is 1.